The van der Waals surface area contributed by atoms with Crippen LogP contribution in [0.25, 0.3) is 11.0 Å². The fraction of sp³-hybridized carbons (Fsp3) is 0.250. The molecule has 5 rings (SSSR count). The second-order valence-corrected chi connectivity index (χ2v) is 8.73. The highest BCUT2D eigenvalue weighted by atomic mass is 19.1. The number of hydrogen-bond donors (Lipinski definition) is 0. The Hall–Kier alpha value is -3.44. The molecule has 33 heavy (non-hydrogen) atoms. The molecule has 1 aliphatic heterocycles. The van der Waals surface area contributed by atoms with E-state index in [4.69, 9.17) is 9.15 Å². The molecule has 2 heterocycles. The van der Waals surface area contributed by atoms with Gasteiger partial charge in [0.15, 0.2) is 0 Å². The minimum atomic E-state index is -0.292. The maximum atomic E-state index is 13.5. The van der Waals surface area contributed by atoms with E-state index in [9.17, 15) is 9.18 Å². The van der Waals surface area contributed by atoms with Gasteiger partial charge in [0.2, 0.25) is 0 Å². The van der Waals surface area contributed by atoms with Gasteiger partial charge in [-0.15, -0.1) is 0 Å². The van der Waals surface area contributed by atoms with Crippen molar-refractivity contribution in [1.29, 1.82) is 0 Å². The van der Waals surface area contributed by atoms with E-state index in [0.717, 1.165) is 58.5 Å². The van der Waals surface area contributed by atoms with Crippen LogP contribution in [0.1, 0.15) is 33.4 Å². The highest BCUT2D eigenvalue weighted by Crippen LogP contribution is 2.36. The first-order valence-corrected chi connectivity index (χ1v) is 11.2. The average Bonchev–Trinajstić information content (AvgIpc) is 2.82. The first-order valence-electron chi connectivity index (χ1n) is 11.2. The van der Waals surface area contributed by atoms with Gasteiger partial charge in [0, 0.05) is 41.6 Å². The van der Waals surface area contributed by atoms with Crippen LogP contribution in [0.5, 0.6) is 5.75 Å². The number of ether oxygens (including phenoxy) is 1. The van der Waals surface area contributed by atoms with Crippen LogP contribution in [0.2, 0.25) is 0 Å². The van der Waals surface area contributed by atoms with Crippen molar-refractivity contribution < 1.29 is 13.5 Å². The molecule has 1 aromatic heterocycles. The van der Waals surface area contributed by atoms with Crippen LogP contribution in [0.3, 0.4) is 0 Å². The monoisotopic (exact) mass is 443 g/mol. The van der Waals surface area contributed by atoms with E-state index >= 15 is 0 Å². The van der Waals surface area contributed by atoms with Crippen molar-refractivity contribution in [1.82, 2.24) is 4.90 Å². The van der Waals surface area contributed by atoms with E-state index < -0.39 is 0 Å². The first kappa shape index (κ1) is 21.4. The van der Waals surface area contributed by atoms with Gasteiger partial charge < -0.3 is 9.15 Å². The van der Waals surface area contributed by atoms with Crippen LogP contribution in [0.4, 0.5) is 4.39 Å². The summed E-state index contributed by atoms with van der Waals surface area (Å²) in [5, 5.41) is 0.951. The number of aryl methyl sites for hydroxylation is 2. The van der Waals surface area contributed by atoms with Crippen LogP contribution < -0.4 is 10.4 Å². The number of halogens is 1. The Labute approximate surface area is 192 Å². The molecule has 0 amide bonds. The molecule has 5 heteroatoms. The third-order valence-corrected chi connectivity index (χ3v) is 6.45. The van der Waals surface area contributed by atoms with Crippen molar-refractivity contribution in [3.8, 4) is 5.75 Å². The summed E-state index contributed by atoms with van der Waals surface area (Å²) in [6, 6.07) is 18.8. The third-order valence-electron chi connectivity index (χ3n) is 6.45. The maximum absolute atomic E-state index is 13.5. The molecule has 0 aliphatic carbocycles. The molecule has 168 valence electrons. The van der Waals surface area contributed by atoms with Crippen molar-refractivity contribution in [2.24, 2.45) is 0 Å². The Balaban J connectivity index is 1.45. The molecule has 1 aliphatic rings. The summed E-state index contributed by atoms with van der Waals surface area (Å²) in [6.45, 7) is 5.89. The van der Waals surface area contributed by atoms with E-state index in [-0.39, 0.29) is 11.4 Å². The normalized spacial score (nSPS) is 13.7. The number of benzene rings is 3. The third kappa shape index (κ3) is 4.29. The van der Waals surface area contributed by atoms with E-state index in [1.54, 1.807) is 12.1 Å². The molecular formula is C28H26FNO3. The fourth-order valence-corrected chi connectivity index (χ4v) is 4.62. The summed E-state index contributed by atoms with van der Waals surface area (Å²) in [7, 11) is 0. The van der Waals surface area contributed by atoms with Crippen LogP contribution in [0, 0.1) is 19.7 Å². The zero-order chi connectivity index (χ0) is 22.9. The molecule has 0 N–H and O–H groups in total. The van der Waals surface area contributed by atoms with Crippen molar-refractivity contribution in [2.45, 2.75) is 33.2 Å². The molecule has 0 unspecified atom stereocenters. The van der Waals surface area contributed by atoms with Gasteiger partial charge in [0.05, 0.1) is 0 Å². The lowest BCUT2D eigenvalue weighted by Crippen LogP contribution is -2.34. The molecule has 0 bridgehead atoms. The van der Waals surface area contributed by atoms with Crippen LogP contribution >= 0.6 is 0 Å². The SMILES string of the molecule is Cc1c(Cc2ccccc2)c(=O)oc2c(C)c3c(cc12)CN(CCc1cccc(F)c1)CO3. The first-order chi connectivity index (χ1) is 16.0. The van der Waals surface area contributed by atoms with Gasteiger partial charge in [-0.25, -0.2) is 9.18 Å². The molecular weight excluding hydrogens is 417 g/mol. The van der Waals surface area contributed by atoms with Gasteiger partial charge in [-0.2, -0.15) is 0 Å². The van der Waals surface area contributed by atoms with Gasteiger partial charge in [0.1, 0.15) is 23.9 Å². The molecule has 0 saturated carbocycles. The molecule has 4 aromatic rings. The minimum absolute atomic E-state index is 0.210. The van der Waals surface area contributed by atoms with E-state index in [1.807, 2.05) is 50.2 Å². The maximum Gasteiger partial charge on any atom is 0.340 e. The van der Waals surface area contributed by atoms with Gasteiger partial charge in [-0.05, 0) is 55.2 Å². The van der Waals surface area contributed by atoms with Crippen molar-refractivity contribution in [2.75, 3.05) is 13.3 Å². The lowest BCUT2D eigenvalue weighted by atomic mass is 9.96. The topological polar surface area (TPSA) is 42.7 Å². The number of fused-ring (bicyclic) bond motifs is 2. The molecule has 0 saturated heterocycles. The Morgan fingerprint density at radius 1 is 0.970 bits per heavy atom. The van der Waals surface area contributed by atoms with E-state index in [2.05, 4.69) is 11.0 Å². The average molecular weight is 444 g/mol. The summed E-state index contributed by atoms with van der Waals surface area (Å²) in [5.74, 6) is 0.584. The standard InChI is InChI=1S/C28H26FNO3/c1-18-24-15-22-16-30(12-11-21-9-6-10-23(29)13-21)17-32-26(22)19(2)27(24)33-28(31)25(18)14-20-7-4-3-5-8-20/h3-10,13,15H,11-12,14,16-17H2,1-2H3. The summed E-state index contributed by atoms with van der Waals surface area (Å²) in [4.78, 5) is 15.0. The molecule has 0 spiro atoms. The minimum Gasteiger partial charge on any atom is -0.477 e. The van der Waals surface area contributed by atoms with Crippen molar-refractivity contribution >= 4 is 11.0 Å². The molecule has 0 fully saturated rings. The lowest BCUT2D eigenvalue weighted by molar-refractivity contribution is 0.0959. The Morgan fingerprint density at radius 3 is 2.55 bits per heavy atom. The van der Waals surface area contributed by atoms with E-state index in [1.165, 1.54) is 6.07 Å². The van der Waals surface area contributed by atoms with Gasteiger partial charge in [-0.1, -0.05) is 42.5 Å². The second-order valence-electron chi connectivity index (χ2n) is 8.73. The van der Waals surface area contributed by atoms with Gasteiger partial charge in [-0.3, -0.25) is 4.90 Å². The highest BCUT2D eigenvalue weighted by Gasteiger charge is 2.24. The zero-order valence-corrected chi connectivity index (χ0v) is 18.9. The Morgan fingerprint density at radius 2 is 1.76 bits per heavy atom. The van der Waals surface area contributed by atoms with Crippen molar-refractivity contribution in [3.05, 3.63) is 110 Å². The lowest BCUT2D eigenvalue weighted by Gasteiger charge is -2.30. The van der Waals surface area contributed by atoms with Crippen LogP contribution in [0.15, 0.2) is 69.9 Å². The number of rotatable bonds is 5. The predicted octanol–water partition coefficient (Wildman–Crippen LogP) is 5.53. The summed E-state index contributed by atoms with van der Waals surface area (Å²) in [6.07, 6.45) is 1.29. The summed E-state index contributed by atoms with van der Waals surface area (Å²) >= 11 is 0. The smallest absolute Gasteiger partial charge is 0.340 e. The fourth-order valence-electron chi connectivity index (χ4n) is 4.62. The summed E-state index contributed by atoms with van der Waals surface area (Å²) < 4.78 is 25.4. The van der Waals surface area contributed by atoms with Crippen molar-refractivity contribution in [3.63, 3.8) is 0 Å². The predicted molar refractivity (Wildman–Crippen MR) is 127 cm³/mol. The molecule has 0 atom stereocenters. The van der Waals surface area contributed by atoms with Gasteiger partial charge >= 0.3 is 5.63 Å². The number of hydrogen-bond acceptors (Lipinski definition) is 4. The van der Waals surface area contributed by atoms with Gasteiger partial charge in [0.25, 0.3) is 0 Å². The molecule has 3 aromatic carbocycles. The highest BCUT2D eigenvalue weighted by molar-refractivity contribution is 5.87. The zero-order valence-electron chi connectivity index (χ0n) is 18.9. The Kier molecular flexibility index (Phi) is 5.73. The number of nitrogens with zero attached hydrogens (tertiary/aromatic N) is 1. The molecule has 4 nitrogen and oxygen atoms in total. The van der Waals surface area contributed by atoms with Crippen LogP contribution in [-0.2, 0) is 19.4 Å². The molecule has 0 radical (unpaired) electrons. The quantitative estimate of drug-likeness (QED) is 0.380. The van der Waals surface area contributed by atoms with E-state index in [0.29, 0.717) is 24.3 Å². The van der Waals surface area contributed by atoms with Crippen LogP contribution in [-0.4, -0.2) is 18.2 Å². The largest absolute Gasteiger partial charge is 0.477 e. The Bertz CT molecular complexity index is 1380. The second kappa shape index (κ2) is 8.83. The summed E-state index contributed by atoms with van der Waals surface area (Å²) in [5.41, 5.74) is 5.93.